The number of nitrogens with one attached hydrogen (secondary N) is 3. The van der Waals surface area contributed by atoms with E-state index in [1.165, 1.54) is 31.4 Å². The first-order chi connectivity index (χ1) is 13.4. The number of hydrogen-bond acceptors (Lipinski definition) is 5. The standard InChI is InChI=1S/C20H21N3O4S/c1-3-4-17(24)21-15-9-11-16(12-10-15)22-20(28)23-18(25)13-5-7-14(8-6-13)19(26)27-2/h5-12H,3-4H2,1-2H3,(H,21,24)(H2,22,23,25,28). The van der Waals surface area contributed by atoms with Crippen LogP contribution in [0.25, 0.3) is 0 Å². The van der Waals surface area contributed by atoms with Crippen molar-refractivity contribution >= 4 is 46.5 Å². The summed E-state index contributed by atoms with van der Waals surface area (Å²) >= 11 is 5.15. The lowest BCUT2D eigenvalue weighted by molar-refractivity contribution is -0.116. The Kier molecular flexibility index (Phi) is 7.65. The lowest BCUT2D eigenvalue weighted by Gasteiger charge is -2.11. The maximum absolute atomic E-state index is 12.2. The van der Waals surface area contributed by atoms with E-state index in [1.807, 2.05) is 6.92 Å². The first-order valence-electron chi connectivity index (χ1n) is 8.63. The Morgan fingerprint density at radius 3 is 1.96 bits per heavy atom. The van der Waals surface area contributed by atoms with E-state index in [2.05, 4.69) is 20.7 Å². The predicted octanol–water partition coefficient (Wildman–Crippen LogP) is 3.34. The molecule has 2 aromatic rings. The van der Waals surface area contributed by atoms with Gasteiger partial charge in [-0.25, -0.2) is 4.79 Å². The van der Waals surface area contributed by atoms with Crippen LogP contribution in [0.3, 0.4) is 0 Å². The number of amides is 2. The molecule has 7 nitrogen and oxygen atoms in total. The van der Waals surface area contributed by atoms with E-state index in [0.29, 0.717) is 28.9 Å². The van der Waals surface area contributed by atoms with Gasteiger partial charge < -0.3 is 15.4 Å². The van der Waals surface area contributed by atoms with Crippen molar-refractivity contribution in [2.45, 2.75) is 19.8 Å². The van der Waals surface area contributed by atoms with Crippen molar-refractivity contribution in [2.75, 3.05) is 17.7 Å². The van der Waals surface area contributed by atoms with E-state index < -0.39 is 11.9 Å². The van der Waals surface area contributed by atoms with Crippen LogP contribution in [0.5, 0.6) is 0 Å². The Morgan fingerprint density at radius 2 is 1.43 bits per heavy atom. The highest BCUT2D eigenvalue weighted by Gasteiger charge is 2.10. The fraction of sp³-hybridized carbons (Fsp3) is 0.200. The molecule has 0 saturated heterocycles. The second kappa shape index (κ2) is 10.2. The molecule has 0 spiro atoms. The fourth-order valence-electron chi connectivity index (χ4n) is 2.30. The number of hydrogen-bond donors (Lipinski definition) is 3. The first-order valence-corrected chi connectivity index (χ1v) is 9.04. The number of esters is 1. The van der Waals surface area contributed by atoms with Gasteiger partial charge >= 0.3 is 5.97 Å². The van der Waals surface area contributed by atoms with Crippen LogP contribution in [-0.2, 0) is 9.53 Å². The first kappa shape index (κ1) is 21.0. The van der Waals surface area contributed by atoms with Gasteiger partial charge in [-0.15, -0.1) is 0 Å². The third-order valence-electron chi connectivity index (χ3n) is 3.70. The highest BCUT2D eigenvalue weighted by atomic mass is 32.1. The minimum atomic E-state index is -0.474. The average molecular weight is 399 g/mol. The molecule has 8 heteroatoms. The summed E-state index contributed by atoms with van der Waals surface area (Å²) in [6.45, 7) is 1.94. The van der Waals surface area contributed by atoms with E-state index in [-0.39, 0.29) is 11.0 Å². The molecule has 0 aromatic heterocycles. The van der Waals surface area contributed by atoms with Crippen molar-refractivity contribution in [2.24, 2.45) is 0 Å². The number of carbonyl (C=O) groups excluding carboxylic acids is 3. The Balaban J connectivity index is 1.90. The Bertz CT molecular complexity index is 864. The second-order valence-corrected chi connectivity index (χ2v) is 6.26. The number of benzene rings is 2. The van der Waals surface area contributed by atoms with E-state index >= 15 is 0 Å². The maximum atomic E-state index is 12.2. The van der Waals surface area contributed by atoms with Crippen molar-refractivity contribution in [1.82, 2.24) is 5.32 Å². The molecular weight excluding hydrogens is 378 g/mol. The zero-order valence-corrected chi connectivity index (χ0v) is 16.4. The summed E-state index contributed by atoms with van der Waals surface area (Å²) in [5, 5.41) is 8.39. The predicted molar refractivity (Wildman–Crippen MR) is 111 cm³/mol. The highest BCUT2D eigenvalue weighted by molar-refractivity contribution is 7.80. The van der Waals surface area contributed by atoms with Crippen molar-refractivity contribution in [3.63, 3.8) is 0 Å². The molecule has 0 heterocycles. The molecule has 0 bridgehead atoms. The molecule has 0 aliphatic rings. The van der Waals surface area contributed by atoms with Gasteiger partial charge in [0.05, 0.1) is 12.7 Å². The highest BCUT2D eigenvalue weighted by Crippen LogP contribution is 2.14. The molecule has 0 saturated carbocycles. The lowest BCUT2D eigenvalue weighted by atomic mass is 10.1. The van der Waals surface area contributed by atoms with Crippen LogP contribution < -0.4 is 16.0 Å². The van der Waals surface area contributed by atoms with Crippen molar-refractivity contribution in [3.05, 3.63) is 59.7 Å². The van der Waals surface area contributed by atoms with Crippen LogP contribution in [0, 0.1) is 0 Å². The quantitative estimate of drug-likeness (QED) is 0.509. The maximum Gasteiger partial charge on any atom is 0.337 e. The van der Waals surface area contributed by atoms with Gasteiger partial charge in [0.25, 0.3) is 5.91 Å². The minimum Gasteiger partial charge on any atom is -0.465 e. The third-order valence-corrected chi connectivity index (χ3v) is 3.90. The van der Waals surface area contributed by atoms with Crippen LogP contribution in [-0.4, -0.2) is 30.0 Å². The zero-order valence-electron chi connectivity index (χ0n) is 15.6. The number of thiocarbonyl (C=S) groups is 1. The van der Waals surface area contributed by atoms with Crippen molar-refractivity contribution in [3.8, 4) is 0 Å². The minimum absolute atomic E-state index is 0.0378. The molecule has 2 rings (SSSR count). The van der Waals surface area contributed by atoms with Gasteiger partial charge in [0.15, 0.2) is 5.11 Å². The second-order valence-electron chi connectivity index (χ2n) is 5.85. The Hall–Kier alpha value is -3.26. The summed E-state index contributed by atoms with van der Waals surface area (Å²) in [6, 6.07) is 13.0. The monoisotopic (exact) mass is 399 g/mol. The van der Waals surface area contributed by atoms with Crippen LogP contribution in [0.4, 0.5) is 11.4 Å². The van der Waals surface area contributed by atoms with Gasteiger partial charge in [0.2, 0.25) is 5.91 Å². The smallest absolute Gasteiger partial charge is 0.337 e. The SMILES string of the molecule is CCCC(=O)Nc1ccc(NC(=S)NC(=O)c2ccc(C(=O)OC)cc2)cc1. The average Bonchev–Trinajstić information content (AvgIpc) is 2.69. The normalized spacial score (nSPS) is 9.93. The molecule has 0 fully saturated rings. The van der Waals surface area contributed by atoms with Crippen LogP contribution in [0.1, 0.15) is 40.5 Å². The zero-order chi connectivity index (χ0) is 20.5. The summed E-state index contributed by atoms with van der Waals surface area (Å²) in [7, 11) is 1.29. The molecule has 0 atom stereocenters. The van der Waals surface area contributed by atoms with Gasteiger partial charge in [0.1, 0.15) is 0 Å². The van der Waals surface area contributed by atoms with Gasteiger partial charge in [-0.2, -0.15) is 0 Å². The number of carbonyl (C=O) groups is 3. The summed E-state index contributed by atoms with van der Waals surface area (Å²) in [4.78, 5) is 35.2. The molecule has 0 aliphatic carbocycles. The topological polar surface area (TPSA) is 96.5 Å². The number of ether oxygens (including phenoxy) is 1. The van der Waals surface area contributed by atoms with Gasteiger partial charge in [-0.3, -0.25) is 14.9 Å². The molecule has 2 aromatic carbocycles. The van der Waals surface area contributed by atoms with Gasteiger partial charge in [-0.1, -0.05) is 6.92 Å². The van der Waals surface area contributed by atoms with Crippen molar-refractivity contribution < 1.29 is 19.1 Å². The molecule has 2 amide bonds. The van der Waals surface area contributed by atoms with Crippen LogP contribution in [0.2, 0.25) is 0 Å². The molecule has 146 valence electrons. The fourth-order valence-corrected chi connectivity index (χ4v) is 2.51. The summed E-state index contributed by atoms with van der Waals surface area (Å²) in [5.74, 6) is -0.917. The number of anilines is 2. The molecule has 3 N–H and O–H groups in total. The Labute approximate surface area is 168 Å². The van der Waals surface area contributed by atoms with Gasteiger partial charge in [-0.05, 0) is 67.2 Å². The molecule has 0 unspecified atom stereocenters. The Morgan fingerprint density at radius 1 is 0.893 bits per heavy atom. The van der Waals surface area contributed by atoms with E-state index in [4.69, 9.17) is 12.2 Å². The van der Waals surface area contributed by atoms with E-state index in [1.54, 1.807) is 24.3 Å². The third kappa shape index (κ3) is 6.17. The molecule has 0 radical (unpaired) electrons. The van der Waals surface area contributed by atoms with Gasteiger partial charge in [0, 0.05) is 23.4 Å². The summed E-state index contributed by atoms with van der Waals surface area (Å²) in [6.07, 6.45) is 1.25. The molecule has 0 aliphatic heterocycles. The number of rotatable bonds is 6. The lowest BCUT2D eigenvalue weighted by Crippen LogP contribution is -2.34. The van der Waals surface area contributed by atoms with E-state index in [9.17, 15) is 14.4 Å². The largest absolute Gasteiger partial charge is 0.465 e. The van der Waals surface area contributed by atoms with Crippen LogP contribution >= 0.6 is 12.2 Å². The summed E-state index contributed by atoms with van der Waals surface area (Å²) < 4.78 is 4.62. The van der Waals surface area contributed by atoms with Crippen LogP contribution in [0.15, 0.2) is 48.5 Å². The molecular formula is C20H21N3O4S. The van der Waals surface area contributed by atoms with Crippen molar-refractivity contribution in [1.29, 1.82) is 0 Å². The van der Waals surface area contributed by atoms with E-state index in [0.717, 1.165) is 6.42 Å². The number of methoxy groups -OCH3 is 1. The molecule has 28 heavy (non-hydrogen) atoms. The summed E-state index contributed by atoms with van der Waals surface area (Å²) in [5.41, 5.74) is 2.06.